The molecule has 2 heterocycles. The van der Waals surface area contributed by atoms with E-state index in [1.165, 1.54) is 17.4 Å². The highest BCUT2D eigenvalue weighted by atomic mass is 32.1. The monoisotopic (exact) mass is 304 g/mol. The number of carboxylic acids is 1. The lowest BCUT2D eigenvalue weighted by atomic mass is 10.1. The van der Waals surface area contributed by atoms with E-state index in [0.29, 0.717) is 22.8 Å². The van der Waals surface area contributed by atoms with Crippen LogP contribution in [0.2, 0.25) is 0 Å². The van der Waals surface area contributed by atoms with E-state index < -0.39 is 5.97 Å². The van der Waals surface area contributed by atoms with Crippen molar-refractivity contribution in [3.8, 4) is 5.75 Å². The van der Waals surface area contributed by atoms with Gasteiger partial charge in [-0.05, 0) is 19.1 Å². The van der Waals surface area contributed by atoms with Gasteiger partial charge in [0, 0.05) is 0 Å². The lowest BCUT2D eigenvalue weighted by Crippen LogP contribution is -2.38. The quantitative estimate of drug-likeness (QED) is 0.920. The van der Waals surface area contributed by atoms with Crippen molar-refractivity contribution in [3.63, 3.8) is 0 Å². The zero-order valence-corrected chi connectivity index (χ0v) is 12.0. The normalized spacial score (nSPS) is 13.5. The number of carbonyl (C=O) groups excluding carboxylic acids is 1. The van der Waals surface area contributed by atoms with Crippen LogP contribution in [-0.4, -0.2) is 35.1 Å². The summed E-state index contributed by atoms with van der Waals surface area (Å²) in [6.07, 6.45) is 0. The van der Waals surface area contributed by atoms with Gasteiger partial charge in [0.25, 0.3) is 5.91 Å². The summed E-state index contributed by atoms with van der Waals surface area (Å²) in [7, 11) is 0. The molecule has 0 saturated heterocycles. The molecule has 0 radical (unpaired) electrons. The van der Waals surface area contributed by atoms with E-state index in [1.54, 1.807) is 29.5 Å². The van der Waals surface area contributed by atoms with Crippen LogP contribution in [0.3, 0.4) is 0 Å². The van der Waals surface area contributed by atoms with Gasteiger partial charge in [-0.15, -0.1) is 11.3 Å². The zero-order chi connectivity index (χ0) is 15.0. The number of carboxylic acid groups (broad SMARTS) is 1. The van der Waals surface area contributed by atoms with Gasteiger partial charge in [0.15, 0.2) is 5.75 Å². The van der Waals surface area contributed by atoms with Gasteiger partial charge in [-0.3, -0.25) is 4.79 Å². The number of carbonyl (C=O) groups is 2. The fourth-order valence-corrected chi connectivity index (χ4v) is 3.01. The minimum Gasteiger partial charge on any atom is -0.489 e. The van der Waals surface area contributed by atoms with Crippen molar-refractivity contribution in [1.82, 2.24) is 4.98 Å². The Hall–Kier alpha value is -2.41. The second-order valence-electron chi connectivity index (χ2n) is 4.53. The van der Waals surface area contributed by atoms with Crippen molar-refractivity contribution >= 4 is 28.9 Å². The summed E-state index contributed by atoms with van der Waals surface area (Å²) < 4.78 is 5.46. The standard InChI is InChI=1S/C14H12N2O4S/c1-8-12(21-7-15-8)13(17)16-5-6-20-11-9(14(18)19)3-2-4-10(11)16/h2-4,7H,5-6H2,1H3,(H,18,19). The van der Waals surface area contributed by atoms with Crippen molar-refractivity contribution < 1.29 is 19.4 Å². The summed E-state index contributed by atoms with van der Waals surface area (Å²) >= 11 is 1.28. The number of para-hydroxylation sites is 1. The average Bonchev–Trinajstić information content (AvgIpc) is 2.91. The molecule has 1 aliphatic rings. The van der Waals surface area contributed by atoms with Gasteiger partial charge in [0.2, 0.25) is 0 Å². The lowest BCUT2D eigenvalue weighted by molar-refractivity contribution is 0.0690. The summed E-state index contributed by atoms with van der Waals surface area (Å²) in [5.74, 6) is -1.01. The SMILES string of the molecule is Cc1ncsc1C(=O)N1CCOc2c(C(=O)O)cccc21. The maximum absolute atomic E-state index is 12.6. The Morgan fingerprint density at radius 2 is 2.24 bits per heavy atom. The molecule has 1 aliphatic heterocycles. The molecule has 0 saturated carbocycles. The third-order valence-electron chi connectivity index (χ3n) is 3.26. The van der Waals surface area contributed by atoms with E-state index in [0.717, 1.165) is 0 Å². The largest absolute Gasteiger partial charge is 0.489 e. The Balaban J connectivity index is 2.05. The van der Waals surface area contributed by atoms with Crippen molar-refractivity contribution in [2.75, 3.05) is 18.1 Å². The molecule has 1 N–H and O–H groups in total. The number of rotatable bonds is 2. The lowest BCUT2D eigenvalue weighted by Gasteiger charge is -2.30. The predicted molar refractivity (Wildman–Crippen MR) is 77.4 cm³/mol. The van der Waals surface area contributed by atoms with Gasteiger partial charge in [-0.2, -0.15) is 0 Å². The van der Waals surface area contributed by atoms with Crippen LogP contribution in [0.5, 0.6) is 5.75 Å². The maximum atomic E-state index is 12.6. The Kier molecular flexibility index (Phi) is 3.34. The molecule has 7 heteroatoms. The minimum atomic E-state index is -1.07. The third kappa shape index (κ3) is 2.25. The summed E-state index contributed by atoms with van der Waals surface area (Å²) in [5.41, 5.74) is 2.84. The van der Waals surface area contributed by atoms with Crippen LogP contribution < -0.4 is 9.64 Å². The molecule has 1 amide bonds. The first-order valence-electron chi connectivity index (χ1n) is 6.30. The molecule has 0 spiro atoms. The zero-order valence-electron chi connectivity index (χ0n) is 11.2. The Bertz CT molecular complexity index is 726. The van der Waals surface area contributed by atoms with E-state index in [4.69, 9.17) is 4.74 Å². The van der Waals surface area contributed by atoms with Gasteiger partial charge in [-0.1, -0.05) is 6.07 Å². The van der Waals surface area contributed by atoms with Gasteiger partial charge < -0.3 is 14.7 Å². The number of thiazole rings is 1. The van der Waals surface area contributed by atoms with Gasteiger partial charge in [0.05, 0.1) is 23.4 Å². The average molecular weight is 304 g/mol. The molecular weight excluding hydrogens is 292 g/mol. The summed E-state index contributed by atoms with van der Waals surface area (Å²) in [5, 5.41) is 9.20. The number of aromatic nitrogens is 1. The first-order valence-corrected chi connectivity index (χ1v) is 7.18. The first kappa shape index (κ1) is 13.6. The van der Waals surface area contributed by atoms with Crippen LogP contribution in [0.1, 0.15) is 25.7 Å². The van der Waals surface area contributed by atoms with Crippen molar-refractivity contribution in [2.24, 2.45) is 0 Å². The molecule has 0 bridgehead atoms. The fraction of sp³-hybridized carbons (Fsp3) is 0.214. The second-order valence-corrected chi connectivity index (χ2v) is 5.39. The molecule has 0 aliphatic carbocycles. The fourth-order valence-electron chi connectivity index (χ4n) is 2.26. The number of ether oxygens (including phenoxy) is 1. The molecule has 0 fully saturated rings. The van der Waals surface area contributed by atoms with Gasteiger partial charge in [-0.25, -0.2) is 9.78 Å². The highest BCUT2D eigenvalue weighted by molar-refractivity contribution is 7.12. The molecule has 1 aromatic heterocycles. The third-order valence-corrected chi connectivity index (χ3v) is 4.18. The maximum Gasteiger partial charge on any atom is 0.339 e. The topological polar surface area (TPSA) is 79.7 Å². The summed E-state index contributed by atoms with van der Waals surface area (Å²) in [6, 6.07) is 4.76. The molecule has 21 heavy (non-hydrogen) atoms. The van der Waals surface area contributed by atoms with Crippen molar-refractivity contribution in [2.45, 2.75) is 6.92 Å². The van der Waals surface area contributed by atoms with E-state index >= 15 is 0 Å². The number of aryl methyl sites for hydroxylation is 1. The van der Waals surface area contributed by atoms with E-state index in [1.807, 2.05) is 0 Å². The summed E-state index contributed by atoms with van der Waals surface area (Å²) in [4.78, 5) is 30.0. The van der Waals surface area contributed by atoms with Crippen LogP contribution in [-0.2, 0) is 0 Å². The van der Waals surface area contributed by atoms with Crippen LogP contribution in [0.15, 0.2) is 23.7 Å². The number of hydrogen-bond donors (Lipinski definition) is 1. The highest BCUT2D eigenvalue weighted by Crippen LogP contribution is 2.36. The number of aromatic carboxylic acids is 1. The van der Waals surface area contributed by atoms with E-state index in [-0.39, 0.29) is 23.8 Å². The second kappa shape index (κ2) is 5.17. The molecule has 2 aromatic rings. The molecule has 108 valence electrons. The first-order chi connectivity index (χ1) is 10.1. The van der Waals surface area contributed by atoms with Crippen molar-refractivity contribution in [3.05, 3.63) is 39.8 Å². The van der Waals surface area contributed by atoms with Crippen LogP contribution in [0, 0.1) is 6.92 Å². The minimum absolute atomic E-state index is 0.0611. The molecule has 6 nitrogen and oxygen atoms in total. The van der Waals surface area contributed by atoms with Crippen LogP contribution >= 0.6 is 11.3 Å². The predicted octanol–water partition coefficient (Wildman–Crippen LogP) is 2.19. The van der Waals surface area contributed by atoms with Crippen LogP contribution in [0.4, 0.5) is 5.69 Å². The van der Waals surface area contributed by atoms with Crippen LogP contribution in [0.25, 0.3) is 0 Å². The van der Waals surface area contributed by atoms with Crippen molar-refractivity contribution in [1.29, 1.82) is 0 Å². The Labute approximate surface area is 124 Å². The highest BCUT2D eigenvalue weighted by Gasteiger charge is 2.29. The molecule has 1 aromatic carbocycles. The molecule has 0 atom stereocenters. The molecular formula is C14H12N2O4S. The number of benzene rings is 1. The van der Waals surface area contributed by atoms with E-state index in [2.05, 4.69) is 4.98 Å². The van der Waals surface area contributed by atoms with Gasteiger partial charge >= 0.3 is 5.97 Å². The smallest absolute Gasteiger partial charge is 0.339 e. The Morgan fingerprint density at radius 3 is 2.90 bits per heavy atom. The molecule has 3 rings (SSSR count). The molecule has 0 unspecified atom stereocenters. The number of anilines is 1. The number of amides is 1. The van der Waals surface area contributed by atoms with E-state index in [9.17, 15) is 14.7 Å². The number of fused-ring (bicyclic) bond motifs is 1. The summed E-state index contributed by atoms with van der Waals surface area (Å²) in [6.45, 7) is 2.42. The Morgan fingerprint density at radius 1 is 1.43 bits per heavy atom. The van der Waals surface area contributed by atoms with Gasteiger partial charge in [0.1, 0.15) is 17.0 Å². The number of nitrogens with zero attached hydrogens (tertiary/aromatic N) is 2. The number of hydrogen-bond acceptors (Lipinski definition) is 5.